The third kappa shape index (κ3) is 1.97. The van der Waals surface area contributed by atoms with Gasteiger partial charge in [0.1, 0.15) is 11.6 Å². The molecule has 0 aliphatic heterocycles. The van der Waals surface area contributed by atoms with Crippen molar-refractivity contribution >= 4 is 0 Å². The molecule has 13 heavy (non-hydrogen) atoms. The molecule has 0 unspecified atom stereocenters. The van der Waals surface area contributed by atoms with Gasteiger partial charge >= 0.3 is 0 Å². The number of hydrogen-bond acceptors (Lipinski definition) is 2. The fourth-order valence-electron chi connectivity index (χ4n) is 1.14. The summed E-state index contributed by atoms with van der Waals surface area (Å²) in [6.07, 6.45) is 0.0733. The number of benzene rings is 1. The molecule has 1 aromatic carbocycles. The van der Waals surface area contributed by atoms with Crippen molar-refractivity contribution in [2.24, 2.45) is 0 Å². The predicted molar refractivity (Wildman–Crippen MR) is 47.0 cm³/mol. The quantitative estimate of drug-likeness (QED) is 0.697. The van der Waals surface area contributed by atoms with Crippen LogP contribution >= 0.6 is 0 Å². The van der Waals surface area contributed by atoms with Crippen LogP contribution in [0.15, 0.2) is 12.1 Å². The van der Waals surface area contributed by atoms with E-state index >= 15 is 0 Å². The molecule has 1 rings (SSSR count). The number of ether oxygens (including phenoxy) is 1. The number of halogens is 1. The third-order valence-corrected chi connectivity index (χ3v) is 1.81. The van der Waals surface area contributed by atoms with Crippen molar-refractivity contribution in [1.82, 2.24) is 0 Å². The maximum atomic E-state index is 13.3. The largest absolute Gasteiger partial charge is 0.497 e. The van der Waals surface area contributed by atoms with Crippen LogP contribution in [0.2, 0.25) is 0 Å². The lowest BCUT2D eigenvalue weighted by atomic mass is 10.1. The van der Waals surface area contributed by atoms with E-state index in [1.807, 2.05) is 6.07 Å². The standard InChI is InChI=1S/C10H10FNO/c1-7-5-9(13-2)6-8(3-4-12)10(7)11/h5-6H,3H2,1-2H3. The van der Waals surface area contributed by atoms with Crippen LogP contribution in [0.3, 0.4) is 0 Å². The lowest BCUT2D eigenvalue weighted by Crippen LogP contribution is -1.94. The minimum atomic E-state index is -0.317. The first-order valence-corrected chi connectivity index (χ1v) is 3.89. The highest BCUT2D eigenvalue weighted by molar-refractivity contribution is 5.36. The zero-order valence-electron chi connectivity index (χ0n) is 7.60. The molecule has 0 aliphatic rings. The van der Waals surface area contributed by atoms with Crippen LogP contribution in [-0.4, -0.2) is 7.11 Å². The molecule has 0 aliphatic carbocycles. The lowest BCUT2D eigenvalue weighted by molar-refractivity contribution is 0.412. The summed E-state index contributed by atoms with van der Waals surface area (Å²) in [5.74, 6) is 0.270. The van der Waals surface area contributed by atoms with E-state index in [0.717, 1.165) is 0 Å². The fraction of sp³-hybridized carbons (Fsp3) is 0.300. The Morgan fingerprint density at radius 1 is 1.54 bits per heavy atom. The summed E-state index contributed by atoms with van der Waals surface area (Å²) in [6, 6.07) is 5.06. The van der Waals surface area contributed by atoms with Gasteiger partial charge in [0.15, 0.2) is 0 Å². The van der Waals surface area contributed by atoms with E-state index in [1.165, 1.54) is 7.11 Å². The van der Waals surface area contributed by atoms with Crippen LogP contribution in [0.4, 0.5) is 4.39 Å². The van der Waals surface area contributed by atoms with Crippen LogP contribution in [0, 0.1) is 24.1 Å². The van der Waals surface area contributed by atoms with Crippen molar-refractivity contribution in [2.45, 2.75) is 13.3 Å². The summed E-state index contributed by atoms with van der Waals surface area (Å²) >= 11 is 0. The zero-order valence-corrected chi connectivity index (χ0v) is 7.60. The number of hydrogen-bond donors (Lipinski definition) is 0. The summed E-state index contributed by atoms with van der Waals surface area (Å²) < 4.78 is 18.3. The van der Waals surface area contributed by atoms with Crippen molar-refractivity contribution in [3.63, 3.8) is 0 Å². The second kappa shape index (κ2) is 3.90. The number of nitrogens with zero attached hydrogens (tertiary/aromatic N) is 1. The van der Waals surface area contributed by atoms with Crippen molar-refractivity contribution in [2.75, 3.05) is 7.11 Å². The Labute approximate surface area is 76.6 Å². The first-order chi connectivity index (χ1) is 6.19. The van der Waals surface area contributed by atoms with Gasteiger partial charge in [-0.3, -0.25) is 0 Å². The predicted octanol–water partition coefficient (Wildman–Crippen LogP) is 2.21. The Hall–Kier alpha value is -1.56. The number of rotatable bonds is 2. The van der Waals surface area contributed by atoms with Crippen molar-refractivity contribution in [3.8, 4) is 11.8 Å². The van der Waals surface area contributed by atoms with E-state index in [2.05, 4.69) is 0 Å². The van der Waals surface area contributed by atoms with Crippen molar-refractivity contribution < 1.29 is 9.13 Å². The highest BCUT2D eigenvalue weighted by Crippen LogP contribution is 2.20. The molecule has 0 bridgehead atoms. The van der Waals surface area contributed by atoms with Crippen molar-refractivity contribution in [1.29, 1.82) is 5.26 Å². The number of methoxy groups -OCH3 is 1. The lowest BCUT2D eigenvalue weighted by Gasteiger charge is -2.05. The molecule has 3 heteroatoms. The first-order valence-electron chi connectivity index (χ1n) is 3.89. The van der Waals surface area contributed by atoms with Crippen LogP contribution in [0.5, 0.6) is 5.75 Å². The van der Waals surface area contributed by atoms with Gasteiger partial charge in [-0.2, -0.15) is 5.26 Å². The summed E-state index contributed by atoms with van der Waals surface area (Å²) in [5, 5.41) is 8.44. The van der Waals surface area contributed by atoms with Gasteiger partial charge in [0.2, 0.25) is 0 Å². The van der Waals surface area contributed by atoms with Crippen LogP contribution < -0.4 is 4.74 Å². The van der Waals surface area contributed by atoms with Gasteiger partial charge in [0.05, 0.1) is 19.6 Å². The maximum absolute atomic E-state index is 13.3. The Bertz CT molecular complexity index is 355. The van der Waals surface area contributed by atoms with Crippen LogP contribution in [0.1, 0.15) is 11.1 Å². The summed E-state index contributed by atoms with van der Waals surface area (Å²) in [5.41, 5.74) is 0.893. The molecule has 0 spiro atoms. The van der Waals surface area contributed by atoms with Crippen LogP contribution in [-0.2, 0) is 6.42 Å². The molecule has 0 aromatic heterocycles. The summed E-state index contributed by atoms with van der Waals surface area (Å²) in [4.78, 5) is 0. The molecule has 0 N–H and O–H groups in total. The molecule has 0 amide bonds. The van der Waals surface area contributed by atoms with Gasteiger partial charge in [-0.15, -0.1) is 0 Å². The molecule has 0 heterocycles. The van der Waals surface area contributed by atoms with Gasteiger partial charge in [-0.05, 0) is 24.6 Å². The summed E-state index contributed by atoms with van der Waals surface area (Å²) in [7, 11) is 1.52. The minimum Gasteiger partial charge on any atom is -0.497 e. The molecule has 2 nitrogen and oxygen atoms in total. The summed E-state index contributed by atoms with van der Waals surface area (Å²) in [6.45, 7) is 1.65. The molecule has 0 saturated heterocycles. The molecule has 1 aromatic rings. The number of nitriles is 1. The average molecular weight is 179 g/mol. The normalized spacial score (nSPS) is 9.38. The van der Waals surface area contributed by atoms with E-state index in [-0.39, 0.29) is 12.2 Å². The zero-order chi connectivity index (χ0) is 9.84. The Balaban J connectivity index is 3.18. The minimum absolute atomic E-state index is 0.0733. The van der Waals surface area contributed by atoms with E-state index in [1.54, 1.807) is 19.1 Å². The van der Waals surface area contributed by atoms with Gasteiger partial charge in [-0.1, -0.05) is 0 Å². The molecule has 0 radical (unpaired) electrons. The third-order valence-electron chi connectivity index (χ3n) is 1.81. The van der Waals surface area contributed by atoms with Gasteiger partial charge in [0.25, 0.3) is 0 Å². The molecule has 0 saturated carbocycles. The Morgan fingerprint density at radius 2 is 2.23 bits per heavy atom. The topological polar surface area (TPSA) is 33.0 Å². The Kier molecular flexibility index (Phi) is 2.86. The highest BCUT2D eigenvalue weighted by atomic mass is 19.1. The molecular weight excluding hydrogens is 169 g/mol. The van der Waals surface area contributed by atoms with E-state index in [9.17, 15) is 4.39 Å². The number of aryl methyl sites for hydroxylation is 1. The molecule has 0 atom stereocenters. The second-order valence-corrected chi connectivity index (χ2v) is 2.75. The second-order valence-electron chi connectivity index (χ2n) is 2.75. The smallest absolute Gasteiger partial charge is 0.130 e. The maximum Gasteiger partial charge on any atom is 0.130 e. The van der Waals surface area contributed by atoms with E-state index in [4.69, 9.17) is 10.00 Å². The average Bonchev–Trinajstić information content (AvgIpc) is 2.13. The van der Waals surface area contributed by atoms with E-state index in [0.29, 0.717) is 16.9 Å². The Morgan fingerprint density at radius 3 is 2.77 bits per heavy atom. The molecule has 0 fully saturated rings. The highest BCUT2D eigenvalue weighted by Gasteiger charge is 2.07. The van der Waals surface area contributed by atoms with Crippen molar-refractivity contribution in [3.05, 3.63) is 29.1 Å². The van der Waals surface area contributed by atoms with Crippen LogP contribution in [0.25, 0.3) is 0 Å². The monoisotopic (exact) mass is 179 g/mol. The first kappa shape index (κ1) is 9.53. The van der Waals surface area contributed by atoms with Gasteiger partial charge in [0, 0.05) is 5.56 Å². The van der Waals surface area contributed by atoms with Gasteiger partial charge in [-0.25, -0.2) is 4.39 Å². The van der Waals surface area contributed by atoms with E-state index < -0.39 is 0 Å². The SMILES string of the molecule is COc1cc(C)c(F)c(CC#N)c1. The molecule has 68 valence electrons. The molecular formula is C10H10FNO. The van der Waals surface area contributed by atoms with Gasteiger partial charge < -0.3 is 4.74 Å². The fourth-order valence-corrected chi connectivity index (χ4v) is 1.14.